The molecule has 3 amide bonds. The van der Waals surface area contributed by atoms with Crippen molar-refractivity contribution in [1.82, 2.24) is 14.7 Å². The molecule has 0 bridgehead atoms. The van der Waals surface area contributed by atoms with Gasteiger partial charge in [0.15, 0.2) is 0 Å². The van der Waals surface area contributed by atoms with E-state index in [0.717, 1.165) is 96.9 Å². The molecule has 3 heterocycles. The Morgan fingerprint density at radius 1 is 0.833 bits per heavy atom. The Balaban J connectivity index is 1.21. The van der Waals surface area contributed by atoms with E-state index in [1.807, 2.05) is 0 Å². The number of carbonyl (C=O) groups excluding carboxylic acids is 3. The van der Waals surface area contributed by atoms with E-state index >= 15 is 0 Å². The summed E-state index contributed by atoms with van der Waals surface area (Å²) in [5.74, 6) is -0.0717. The van der Waals surface area contributed by atoms with Crippen LogP contribution < -0.4 is 5.73 Å². The third kappa shape index (κ3) is 4.15. The first kappa shape index (κ1) is 21.8. The van der Waals surface area contributed by atoms with Crippen LogP contribution in [0.25, 0.3) is 0 Å². The van der Waals surface area contributed by atoms with E-state index < -0.39 is 5.54 Å². The Bertz CT molecular complexity index is 629. The van der Waals surface area contributed by atoms with Crippen molar-refractivity contribution in [2.24, 2.45) is 17.6 Å². The third-order valence-corrected chi connectivity index (χ3v) is 8.14. The van der Waals surface area contributed by atoms with Crippen molar-refractivity contribution >= 4 is 17.7 Å². The number of likely N-dealkylation sites (tertiary alicyclic amines) is 3. The third-order valence-electron chi connectivity index (χ3n) is 8.14. The first-order valence-corrected chi connectivity index (χ1v) is 12.2. The summed E-state index contributed by atoms with van der Waals surface area (Å²) in [6, 6.07) is 0. The highest BCUT2D eigenvalue weighted by Crippen LogP contribution is 2.38. The maximum absolute atomic E-state index is 12.6. The second kappa shape index (κ2) is 9.35. The number of hydrogen-bond acceptors (Lipinski definition) is 5. The van der Waals surface area contributed by atoms with Crippen molar-refractivity contribution in [3.63, 3.8) is 0 Å². The van der Waals surface area contributed by atoms with Crippen LogP contribution in [0.1, 0.15) is 70.6 Å². The average molecular weight is 419 g/mol. The van der Waals surface area contributed by atoms with Gasteiger partial charge in [0.05, 0.1) is 11.8 Å². The van der Waals surface area contributed by atoms with Gasteiger partial charge < -0.3 is 10.6 Å². The van der Waals surface area contributed by atoms with E-state index in [0.29, 0.717) is 6.54 Å². The minimum Gasteiger partial charge on any atom is -0.368 e. The number of fused-ring (bicyclic) bond motifs is 1. The average Bonchev–Trinajstić information content (AvgIpc) is 3.02. The van der Waals surface area contributed by atoms with E-state index in [-0.39, 0.29) is 29.6 Å². The van der Waals surface area contributed by atoms with Crippen molar-refractivity contribution in [2.75, 3.05) is 39.3 Å². The molecule has 30 heavy (non-hydrogen) atoms. The highest BCUT2D eigenvalue weighted by atomic mass is 16.2. The lowest BCUT2D eigenvalue weighted by molar-refractivity contribution is -0.140. The van der Waals surface area contributed by atoms with Gasteiger partial charge in [0.25, 0.3) is 0 Å². The van der Waals surface area contributed by atoms with Crippen LogP contribution in [0.4, 0.5) is 0 Å². The molecule has 1 aliphatic carbocycles. The Hall–Kier alpha value is -1.47. The van der Waals surface area contributed by atoms with Gasteiger partial charge >= 0.3 is 0 Å². The van der Waals surface area contributed by atoms with Crippen molar-refractivity contribution < 1.29 is 14.4 Å². The van der Waals surface area contributed by atoms with Gasteiger partial charge in [0.2, 0.25) is 17.7 Å². The highest BCUT2D eigenvalue weighted by molar-refractivity contribution is 6.05. The summed E-state index contributed by atoms with van der Waals surface area (Å²) in [6.07, 6.45) is 11.0. The standard InChI is InChI=1S/C23H38N4O3/c24-22(30)23(26-13-4-1-5-14-26)10-16-25(17-11-23)12-6-7-15-27-20(28)18-8-2-3-9-19(18)21(27)29/h18-19H,1-17H2,(H2,24,30). The maximum atomic E-state index is 12.6. The monoisotopic (exact) mass is 418 g/mol. The summed E-state index contributed by atoms with van der Waals surface area (Å²) < 4.78 is 0. The topological polar surface area (TPSA) is 87.0 Å². The molecule has 168 valence electrons. The number of piperidine rings is 2. The van der Waals surface area contributed by atoms with Crippen LogP contribution in [0, 0.1) is 11.8 Å². The summed E-state index contributed by atoms with van der Waals surface area (Å²) in [5, 5.41) is 0. The molecule has 4 aliphatic rings. The van der Waals surface area contributed by atoms with Crippen LogP contribution in [-0.2, 0) is 14.4 Å². The molecule has 0 radical (unpaired) electrons. The minimum atomic E-state index is -0.457. The van der Waals surface area contributed by atoms with Gasteiger partial charge in [-0.2, -0.15) is 0 Å². The fourth-order valence-corrected chi connectivity index (χ4v) is 6.24. The van der Waals surface area contributed by atoms with Crippen LogP contribution in [0.15, 0.2) is 0 Å². The van der Waals surface area contributed by atoms with Gasteiger partial charge in [0, 0.05) is 19.6 Å². The molecule has 4 fully saturated rings. The number of nitrogens with two attached hydrogens (primary N) is 1. The summed E-state index contributed by atoms with van der Waals surface area (Å²) in [4.78, 5) is 43.8. The van der Waals surface area contributed by atoms with Crippen LogP contribution in [0.5, 0.6) is 0 Å². The Morgan fingerprint density at radius 3 is 1.97 bits per heavy atom. The number of hydrogen-bond donors (Lipinski definition) is 1. The maximum Gasteiger partial charge on any atom is 0.238 e. The SMILES string of the molecule is NC(=O)C1(N2CCCCC2)CCN(CCCCN2C(=O)C3CCCCC3C2=O)CC1. The minimum absolute atomic E-state index is 0.0370. The molecule has 2 atom stereocenters. The zero-order chi connectivity index (χ0) is 21.1. The lowest BCUT2D eigenvalue weighted by Gasteiger charge is -2.48. The first-order valence-electron chi connectivity index (χ1n) is 12.2. The number of carbonyl (C=O) groups is 3. The van der Waals surface area contributed by atoms with Crippen LogP contribution >= 0.6 is 0 Å². The molecule has 1 saturated carbocycles. The quantitative estimate of drug-likeness (QED) is 0.503. The molecule has 4 rings (SSSR count). The van der Waals surface area contributed by atoms with Gasteiger partial charge in [-0.25, -0.2) is 0 Å². The number of imide groups is 1. The van der Waals surface area contributed by atoms with Crippen molar-refractivity contribution in [3.05, 3.63) is 0 Å². The first-order chi connectivity index (χ1) is 14.5. The molecule has 0 spiro atoms. The van der Waals surface area contributed by atoms with E-state index in [1.54, 1.807) is 4.90 Å². The van der Waals surface area contributed by atoms with E-state index in [4.69, 9.17) is 5.73 Å². The van der Waals surface area contributed by atoms with Crippen LogP contribution in [0.3, 0.4) is 0 Å². The van der Waals surface area contributed by atoms with Crippen molar-refractivity contribution in [1.29, 1.82) is 0 Å². The van der Waals surface area contributed by atoms with Gasteiger partial charge in [-0.05, 0) is 71.0 Å². The lowest BCUT2D eigenvalue weighted by Crippen LogP contribution is -2.63. The predicted octanol–water partition coefficient (Wildman–Crippen LogP) is 1.75. The Labute approximate surface area is 180 Å². The fraction of sp³-hybridized carbons (Fsp3) is 0.870. The zero-order valence-corrected chi connectivity index (χ0v) is 18.3. The Morgan fingerprint density at radius 2 is 1.40 bits per heavy atom. The fourth-order valence-electron chi connectivity index (χ4n) is 6.24. The molecule has 0 aromatic heterocycles. The number of unbranched alkanes of at least 4 members (excludes halogenated alkanes) is 1. The van der Waals surface area contributed by atoms with Crippen LogP contribution in [-0.4, -0.2) is 77.2 Å². The second-order valence-corrected chi connectivity index (χ2v) is 9.82. The summed E-state index contributed by atoms with van der Waals surface area (Å²) in [7, 11) is 0. The Kier molecular flexibility index (Phi) is 6.78. The summed E-state index contributed by atoms with van der Waals surface area (Å²) in [5.41, 5.74) is 5.42. The zero-order valence-electron chi connectivity index (χ0n) is 18.3. The van der Waals surface area contributed by atoms with E-state index in [1.165, 1.54) is 6.42 Å². The molecule has 0 aromatic carbocycles. The number of amides is 3. The molecule has 3 aliphatic heterocycles. The smallest absolute Gasteiger partial charge is 0.238 e. The van der Waals surface area contributed by atoms with Gasteiger partial charge in [-0.15, -0.1) is 0 Å². The normalized spacial score (nSPS) is 30.5. The number of primary amides is 1. The summed E-state index contributed by atoms with van der Waals surface area (Å²) in [6.45, 7) is 5.29. The summed E-state index contributed by atoms with van der Waals surface area (Å²) >= 11 is 0. The molecule has 2 unspecified atom stereocenters. The molecule has 7 nitrogen and oxygen atoms in total. The van der Waals surface area contributed by atoms with Crippen molar-refractivity contribution in [2.45, 2.75) is 76.2 Å². The van der Waals surface area contributed by atoms with Gasteiger partial charge in [-0.3, -0.25) is 24.2 Å². The van der Waals surface area contributed by atoms with E-state index in [2.05, 4.69) is 9.80 Å². The largest absolute Gasteiger partial charge is 0.368 e. The molecule has 7 heteroatoms. The van der Waals surface area contributed by atoms with Gasteiger partial charge in [-0.1, -0.05) is 19.3 Å². The molecular weight excluding hydrogens is 380 g/mol. The van der Waals surface area contributed by atoms with Gasteiger partial charge in [0.1, 0.15) is 5.54 Å². The lowest BCUT2D eigenvalue weighted by atomic mass is 9.81. The second-order valence-electron chi connectivity index (χ2n) is 9.82. The predicted molar refractivity (Wildman–Crippen MR) is 114 cm³/mol. The van der Waals surface area contributed by atoms with Crippen LogP contribution in [0.2, 0.25) is 0 Å². The molecule has 0 aromatic rings. The van der Waals surface area contributed by atoms with E-state index in [9.17, 15) is 14.4 Å². The molecular formula is C23H38N4O3. The van der Waals surface area contributed by atoms with Crippen molar-refractivity contribution in [3.8, 4) is 0 Å². The highest BCUT2D eigenvalue weighted by Gasteiger charge is 2.48. The number of nitrogens with zero attached hydrogens (tertiary/aromatic N) is 3. The number of rotatable bonds is 7. The molecule has 3 saturated heterocycles. The molecule has 2 N–H and O–H groups in total.